The second kappa shape index (κ2) is 9.91. The molecule has 2 aromatic carbocycles. The molecule has 1 aromatic heterocycles. The highest BCUT2D eigenvalue weighted by atomic mass is 32.2. The molecule has 1 aliphatic heterocycles. The van der Waals surface area contributed by atoms with Gasteiger partial charge in [0.1, 0.15) is 5.82 Å². The molecule has 2 N–H and O–H groups in total. The Labute approximate surface area is 224 Å². The fourth-order valence-corrected chi connectivity index (χ4v) is 7.33. The van der Waals surface area contributed by atoms with Crippen molar-refractivity contribution in [1.82, 2.24) is 19.8 Å². The molecule has 1 aliphatic carbocycles. The third-order valence-electron chi connectivity index (χ3n) is 7.88. The Kier molecular flexibility index (Phi) is 6.92. The fourth-order valence-electron chi connectivity index (χ4n) is 5.82. The van der Waals surface area contributed by atoms with Crippen molar-refractivity contribution in [2.75, 3.05) is 19.6 Å². The Morgan fingerprint density at radius 3 is 2.55 bits per heavy atom. The zero-order valence-corrected chi connectivity index (χ0v) is 23.0. The zero-order valence-electron chi connectivity index (χ0n) is 22.2. The van der Waals surface area contributed by atoms with E-state index in [1.54, 1.807) is 34.6 Å². The van der Waals surface area contributed by atoms with E-state index in [1.165, 1.54) is 12.1 Å². The standard InChI is InChI=1S/C30H35FN4O2S/c1-5-15-32-28(21-6-10-25(31)11-7-21)30-18-22-19-33-34-27(22)17-24(30)14-16-35(20-30)38(36,37)26-12-8-23(9-13-26)29(2,3)4/h5-13,17,19,28,32H,1,14-16,18,20H2,2-4H3,(H,33,34)/t28-,30?/m0/s1. The van der Waals surface area contributed by atoms with Crippen molar-refractivity contribution in [2.24, 2.45) is 5.41 Å². The number of benzene rings is 2. The van der Waals surface area contributed by atoms with Crippen molar-refractivity contribution < 1.29 is 12.8 Å². The van der Waals surface area contributed by atoms with Crippen molar-refractivity contribution in [3.05, 3.63) is 101 Å². The van der Waals surface area contributed by atoms with Gasteiger partial charge in [0, 0.05) is 31.1 Å². The van der Waals surface area contributed by atoms with Gasteiger partial charge in [-0.3, -0.25) is 5.10 Å². The maximum Gasteiger partial charge on any atom is 0.243 e. The van der Waals surface area contributed by atoms with Crippen LogP contribution in [0.4, 0.5) is 4.39 Å². The molecule has 6 nitrogen and oxygen atoms in total. The van der Waals surface area contributed by atoms with Crippen LogP contribution >= 0.6 is 0 Å². The van der Waals surface area contributed by atoms with Crippen molar-refractivity contribution in [3.8, 4) is 0 Å². The second-order valence-electron chi connectivity index (χ2n) is 11.4. The molecule has 200 valence electrons. The Morgan fingerprint density at radius 2 is 1.89 bits per heavy atom. The number of aromatic amines is 1. The third kappa shape index (κ3) is 4.77. The van der Waals surface area contributed by atoms with E-state index in [-0.39, 0.29) is 17.3 Å². The number of hydrogen-bond donors (Lipinski definition) is 2. The fraction of sp³-hybridized carbons (Fsp3) is 0.367. The van der Waals surface area contributed by atoms with Gasteiger partial charge in [0.25, 0.3) is 0 Å². The van der Waals surface area contributed by atoms with Crippen LogP contribution in [0.15, 0.2) is 77.9 Å². The molecule has 5 rings (SSSR count). The molecule has 2 heterocycles. The van der Waals surface area contributed by atoms with Crippen LogP contribution in [0.25, 0.3) is 6.08 Å². The summed E-state index contributed by atoms with van der Waals surface area (Å²) in [6.07, 6.45) is 6.92. The summed E-state index contributed by atoms with van der Waals surface area (Å²) in [5.41, 5.74) is 4.49. The van der Waals surface area contributed by atoms with Crippen LogP contribution in [0.1, 0.15) is 55.6 Å². The number of aromatic nitrogens is 2. The average Bonchev–Trinajstić information content (AvgIpc) is 3.34. The molecule has 0 bridgehead atoms. The predicted molar refractivity (Wildman–Crippen MR) is 149 cm³/mol. The molecule has 8 heteroatoms. The monoisotopic (exact) mass is 534 g/mol. The third-order valence-corrected chi connectivity index (χ3v) is 9.74. The molecule has 38 heavy (non-hydrogen) atoms. The average molecular weight is 535 g/mol. The number of hydrogen-bond acceptors (Lipinski definition) is 4. The first kappa shape index (κ1) is 26.5. The van der Waals surface area contributed by atoms with Crippen LogP contribution in [-0.2, 0) is 21.9 Å². The van der Waals surface area contributed by atoms with Gasteiger partial charge in [0.2, 0.25) is 10.0 Å². The summed E-state index contributed by atoms with van der Waals surface area (Å²) in [5.74, 6) is -0.309. The van der Waals surface area contributed by atoms with E-state index in [1.807, 2.05) is 18.3 Å². The van der Waals surface area contributed by atoms with E-state index >= 15 is 0 Å². The van der Waals surface area contributed by atoms with Crippen molar-refractivity contribution >= 4 is 16.1 Å². The quantitative estimate of drug-likeness (QED) is 0.399. The Hall–Kier alpha value is -3.07. The minimum atomic E-state index is -3.75. The van der Waals surface area contributed by atoms with Gasteiger partial charge in [-0.25, -0.2) is 12.8 Å². The molecule has 1 fully saturated rings. The summed E-state index contributed by atoms with van der Waals surface area (Å²) in [7, 11) is -3.75. The maximum atomic E-state index is 14.0. The summed E-state index contributed by atoms with van der Waals surface area (Å²) in [4.78, 5) is 0.297. The number of rotatable bonds is 7. The van der Waals surface area contributed by atoms with E-state index in [9.17, 15) is 12.8 Å². The number of nitrogens with one attached hydrogen (secondary N) is 2. The number of H-pyrrole nitrogens is 1. The zero-order chi connectivity index (χ0) is 27.1. The molecule has 1 saturated heterocycles. The summed E-state index contributed by atoms with van der Waals surface area (Å²) in [5, 5.41) is 10.9. The van der Waals surface area contributed by atoms with Crippen LogP contribution in [0, 0.1) is 11.2 Å². The largest absolute Gasteiger partial charge is 0.306 e. The lowest BCUT2D eigenvalue weighted by atomic mass is 9.63. The van der Waals surface area contributed by atoms with Crippen LogP contribution in [-0.4, -0.2) is 42.6 Å². The molecular weight excluding hydrogens is 499 g/mol. The first-order chi connectivity index (χ1) is 18.0. The first-order valence-corrected chi connectivity index (χ1v) is 14.4. The van der Waals surface area contributed by atoms with Gasteiger partial charge >= 0.3 is 0 Å². The normalized spacial score (nSPS) is 20.8. The van der Waals surface area contributed by atoms with Crippen molar-refractivity contribution in [3.63, 3.8) is 0 Å². The molecule has 3 aromatic rings. The van der Waals surface area contributed by atoms with Gasteiger partial charge in [-0.05, 0) is 65.3 Å². The summed E-state index contributed by atoms with van der Waals surface area (Å²) < 4.78 is 43.5. The van der Waals surface area contributed by atoms with E-state index in [4.69, 9.17) is 0 Å². The second-order valence-corrected chi connectivity index (χ2v) is 13.3. The van der Waals surface area contributed by atoms with Gasteiger partial charge in [-0.2, -0.15) is 9.40 Å². The highest BCUT2D eigenvalue weighted by Gasteiger charge is 2.50. The Balaban J connectivity index is 1.58. The topological polar surface area (TPSA) is 78.1 Å². The maximum absolute atomic E-state index is 14.0. The first-order valence-electron chi connectivity index (χ1n) is 13.0. The van der Waals surface area contributed by atoms with Crippen LogP contribution in [0.3, 0.4) is 0 Å². The Bertz CT molecular complexity index is 1450. The van der Waals surface area contributed by atoms with E-state index in [0.717, 1.165) is 28.0 Å². The van der Waals surface area contributed by atoms with E-state index < -0.39 is 15.4 Å². The lowest BCUT2D eigenvalue weighted by molar-refractivity contribution is 0.154. The molecule has 0 saturated carbocycles. The SMILES string of the molecule is C=CCN[C@@H](c1ccc(F)cc1)C12Cc3cn[nH]c3C=C1CCN(S(=O)(=O)c1ccc(C(C)(C)C)cc1)C2. The summed E-state index contributed by atoms with van der Waals surface area (Å²) >= 11 is 0. The number of halogens is 1. The molecule has 1 unspecified atom stereocenters. The highest BCUT2D eigenvalue weighted by molar-refractivity contribution is 7.89. The van der Waals surface area contributed by atoms with E-state index in [2.05, 4.69) is 48.9 Å². The number of fused-ring (bicyclic) bond motifs is 2. The number of sulfonamides is 1. The molecule has 0 radical (unpaired) electrons. The van der Waals surface area contributed by atoms with E-state index in [0.29, 0.717) is 37.4 Å². The lowest BCUT2D eigenvalue weighted by Crippen LogP contribution is -2.54. The molecule has 2 aliphatic rings. The minimum Gasteiger partial charge on any atom is -0.306 e. The van der Waals surface area contributed by atoms with Crippen LogP contribution in [0.5, 0.6) is 0 Å². The van der Waals surface area contributed by atoms with Gasteiger partial charge in [-0.15, -0.1) is 6.58 Å². The smallest absolute Gasteiger partial charge is 0.243 e. The van der Waals surface area contributed by atoms with Crippen molar-refractivity contribution in [1.29, 1.82) is 0 Å². The number of piperidine rings is 1. The molecular formula is C30H35FN4O2S. The van der Waals surface area contributed by atoms with Gasteiger partial charge in [-0.1, -0.05) is 56.7 Å². The molecule has 0 spiro atoms. The number of nitrogens with zero attached hydrogens (tertiary/aromatic N) is 2. The van der Waals surface area contributed by atoms with Gasteiger partial charge < -0.3 is 5.32 Å². The van der Waals surface area contributed by atoms with Crippen molar-refractivity contribution in [2.45, 2.75) is 50.0 Å². The predicted octanol–water partition coefficient (Wildman–Crippen LogP) is 5.38. The minimum absolute atomic E-state index is 0.0687. The Morgan fingerprint density at radius 1 is 1.18 bits per heavy atom. The summed E-state index contributed by atoms with van der Waals surface area (Å²) in [6, 6.07) is 13.5. The molecule has 2 atom stereocenters. The molecule has 0 amide bonds. The van der Waals surface area contributed by atoms with Gasteiger partial charge in [0.15, 0.2) is 0 Å². The van der Waals surface area contributed by atoms with Gasteiger partial charge in [0.05, 0.1) is 16.8 Å². The summed E-state index contributed by atoms with van der Waals surface area (Å²) in [6.45, 7) is 11.4. The lowest BCUT2D eigenvalue weighted by Gasteiger charge is -2.50. The highest BCUT2D eigenvalue weighted by Crippen LogP contribution is 2.51. The van der Waals surface area contributed by atoms with Crippen LogP contribution < -0.4 is 5.32 Å². The van der Waals surface area contributed by atoms with Crippen LogP contribution in [0.2, 0.25) is 0 Å².